The van der Waals surface area contributed by atoms with Crippen molar-refractivity contribution in [1.29, 1.82) is 0 Å². The molecule has 0 spiro atoms. The van der Waals surface area contributed by atoms with E-state index in [0.29, 0.717) is 24.2 Å². The Bertz CT molecular complexity index is 816. The zero-order valence-electron chi connectivity index (χ0n) is 16.0. The van der Waals surface area contributed by atoms with Gasteiger partial charge < -0.3 is 5.11 Å². The van der Waals surface area contributed by atoms with Gasteiger partial charge in [-0.15, -0.1) is 0 Å². The Hall–Kier alpha value is -1.92. The minimum Gasteiger partial charge on any atom is -0.481 e. The number of nitrogens with one attached hydrogen (secondary N) is 1. The Kier molecular flexibility index (Phi) is 7.08. The number of carboxylic acids is 1. The van der Waals surface area contributed by atoms with Crippen LogP contribution in [0.5, 0.6) is 0 Å². The number of fused-ring (bicyclic) bond motifs is 2. The smallest absolute Gasteiger partial charge is 0.303 e. The number of sulfonamides is 1. The van der Waals surface area contributed by atoms with E-state index in [1.165, 1.54) is 11.8 Å². The van der Waals surface area contributed by atoms with E-state index in [1.807, 2.05) is 36.4 Å². The van der Waals surface area contributed by atoms with Crippen LogP contribution in [0.4, 0.5) is 0 Å². The Morgan fingerprint density at radius 2 is 1.89 bits per heavy atom. The number of hydrogen-bond donors (Lipinski definition) is 2. The van der Waals surface area contributed by atoms with E-state index >= 15 is 0 Å². The fourth-order valence-electron chi connectivity index (χ4n) is 4.64. The number of aliphatic carboxylic acids is 1. The normalized spacial score (nSPS) is 27.1. The highest BCUT2D eigenvalue weighted by molar-refractivity contribution is 7.92. The Labute approximate surface area is 167 Å². The van der Waals surface area contributed by atoms with Crippen molar-refractivity contribution >= 4 is 22.1 Å². The van der Waals surface area contributed by atoms with Gasteiger partial charge >= 0.3 is 5.97 Å². The van der Waals surface area contributed by atoms with Crippen LogP contribution in [0.2, 0.25) is 0 Å². The van der Waals surface area contributed by atoms with E-state index in [2.05, 4.69) is 10.8 Å². The summed E-state index contributed by atoms with van der Waals surface area (Å²) in [6.07, 6.45) is 11.6. The molecular formula is C22H29NO4S. The maximum absolute atomic E-state index is 12.6. The lowest BCUT2D eigenvalue weighted by Gasteiger charge is -2.30. The van der Waals surface area contributed by atoms with Gasteiger partial charge in [-0.05, 0) is 67.9 Å². The van der Waals surface area contributed by atoms with Gasteiger partial charge in [0.05, 0.1) is 0 Å². The van der Waals surface area contributed by atoms with Gasteiger partial charge in [0.2, 0.25) is 10.0 Å². The molecule has 0 saturated heterocycles. The van der Waals surface area contributed by atoms with Gasteiger partial charge in [-0.3, -0.25) is 4.79 Å². The van der Waals surface area contributed by atoms with Crippen LogP contribution in [0.15, 0.2) is 47.9 Å². The molecule has 1 aromatic carbocycles. The van der Waals surface area contributed by atoms with Gasteiger partial charge in [-0.1, -0.05) is 42.5 Å². The summed E-state index contributed by atoms with van der Waals surface area (Å²) in [5.41, 5.74) is 0.863. The number of benzene rings is 1. The second-order valence-electron chi connectivity index (χ2n) is 7.89. The van der Waals surface area contributed by atoms with E-state index < -0.39 is 16.0 Å². The van der Waals surface area contributed by atoms with Crippen molar-refractivity contribution in [2.45, 2.75) is 51.0 Å². The second-order valence-corrected chi connectivity index (χ2v) is 9.49. The van der Waals surface area contributed by atoms with Crippen molar-refractivity contribution < 1.29 is 18.3 Å². The maximum Gasteiger partial charge on any atom is 0.303 e. The molecule has 2 fully saturated rings. The standard InChI is InChI=1S/C22H29NO4S/c24-21(25)11-7-2-1-6-10-20-18-12-13-19(16-18)22(20)23-28(26,27)15-14-17-8-4-3-5-9-17/h1,3-6,8-9,14-15,18-20,22-23H,2,7,10-13,16H2,(H,24,25)/b6-1+,15-14+. The van der Waals surface area contributed by atoms with Crippen LogP contribution in [0, 0.1) is 17.8 Å². The van der Waals surface area contributed by atoms with Crippen LogP contribution >= 0.6 is 0 Å². The molecule has 1 aromatic rings. The number of hydrogen-bond acceptors (Lipinski definition) is 3. The minimum atomic E-state index is -3.49. The first-order chi connectivity index (χ1) is 13.4. The molecule has 0 radical (unpaired) electrons. The molecule has 3 rings (SSSR count). The first kappa shape index (κ1) is 20.8. The van der Waals surface area contributed by atoms with Crippen molar-refractivity contribution in [3.63, 3.8) is 0 Å². The molecule has 2 bridgehead atoms. The molecule has 2 saturated carbocycles. The molecule has 0 aromatic heterocycles. The van der Waals surface area contributed by atoms with Crippen molar-refractivity contribution in [3.05, 3.63) is 53.5 Å². The van der Waals surface area contributed by atoms with E-state index in [-0.39, 0.29) is 12.5 Å². The van der Waals surface area contributed by atoms with Gasteiger partial charge in [0.25, 0.3) is 0 Å². The summed E-state index contributed by atoms with van der Waals surface area (Å²) in [6, 6.07) is 9.42. The van der Waals surface area contributed by atoms with E-state index in [9.17, 15) is 13.2 Å². The third-order valence-electron chi connectivity index (χ3n) is 5.96. The Balaban J connectivity index is 1.57. The lowest BCUT2D eigenvalue weighted by Crippen LogP contribution is -2.43. The molecule has 0 heterocycles. The highest BCUT2D eigenvalue weighted by atomic mass is 32.2. The fraction of sp³-hybridized carbons (Fsp3) is 0.500. The molecule has 2 N–H and O–H groups in total. The Morgan fingerprint density at radius 1 is 1.14 bits per heavy atom. The fourth-order valence-corrected chi connectivity index (χ4v) is 5.80. The number of carbonyl (C=O) groups is 1. The molecule has 2 aliphatic carbocycles. The number of carboxylic acid groups (broad SMARTS) is 1. The molecule has 5 nitrogen and oxygen atoms in total. The quantitative estimate of drug-likeness (QED) is 0.453. The zero-order valence-corrected chi connectivity index (χ0v) is 16.9. The first-order valence-electron chi connectivity index (χ1n) is 10.1. The first-order valence-corrected chi connectivity index (χ1v) is 11.6. The highest BCUT2D eigenvalue weighted by Crippen LogP contribution is 2.50. The monoisotopic (exact) mass is 403 g/mol. The van der Waals surface area contributed by atoms with E-state index in [1.54, 1.807) is 6.08 Å². The number of allylic oxidation sites excluding steroid dienone is 2. The van der Waals surface area contributed by atoms with Gasteiger partial charge in [0.15, 0.2) is 0 Å². The lowest BCUT2D eigenvalue weighted by atomic mass is 9.83. The van der Waals surface area contributed by atoms with Crippen LogP contribution in [0.25, 0.3) is 6.08 Å². The van der Waals surface area contributed by atoms with Crippen molar-refractivity contribution in [2.75, 3.05) is 0 Å². The summed E-state index contributed by atoms with van der Waals surface area (Å²) < 4.78 is 28.1. The predicted octanol–water partition coefficient (Wildman–Crippen LogP) is 4.19. The molecular weight excluding hydrogens is 374 g/mol. The molecule has 0 aliphatic heterocycles. The largest absolute Gasteiger partial charge is 0.481 e. The minimum absolute atomic E-state index is 0.00663. The molecule has 2 aliphatic rings. The summed E-state index contributed by atoms with van der Waals surface area (Å²) in [5, 5.41) is 9.95. The average Bonchev–Trinajstić information content (AvgIpc) is 3.26. The maximum atomic E-state index is 12.6. The molecule has 0 amide bonds. The average molecular weight is 404 g/mol. The van der Waals surface area contributed by atoms with Crippen molar-refractivity contribution in [3.8, 4) is 0 Å². The van der Waals surface area contributed by atoms with Gasteiger partial charge in [0.1, 0.15) is 0 Å². The molecule has 152 valence electrons. The van der Waals surface area contributed by atoms with Crippen LogP contribution < -0.4 is 4.72 Å². The SMILES string of the molecule is O=C(O)CCC/C=C/CC1C2CCC(C2)C1NS(=O)(=O)/C=C/c1ccccc1. The third-order valence-corrected chi connectivity index (χ3v) is 7.06. The molecule has 6 heteroatoms. The lowest BCUT2D eigenvalue weighted by molar-refractivity contribution is -0.137. The zero-order chi connectivity index (χ0) is 20.0. The van der Waals surface area contributed by atoms with Gasteiger partial charge in [-0.25, -0.2) is 13.1 Å². The molecule has 4 unspecified atom stereocenters. The van der Waals surface area contributed by atoms with E-state index in [4.69, 9.17) is 5.11 Å². The van der Waals surface area contributed by atoms with Crippen LogP contribution in [-0.4, -0.2) is 25.5 Å². The second kappa shape index (κ2) is 9.52. The molecule has 4 atom stereocenters. The summed E-state index contributed by atoms with van der Waals surface area (Å²) in [6.45, 7) is 0. The van der Waals surface area contributed by atoms with Crippen molar-refractivity contribution in [1.82, 2.24) is 4.72 Å². The summed E-state index contributed by atoms with van der Waals surface area (Å²) in [7, 11) is -3.49. The summed E-state index contributed by atoms with van der Waals surface area (Å²) in [4.78, 5) is 10.6. The molecule has 28 heavy (non-hydrogen) atoms. The summed E-state index contributed by atoms with van der Waals surface area (Å²) >= 11 is 0. The topological polar surface area (TPSA) is 83.5 Å². The van der Waals surface area contributed by atoms with Crippen LogP contribution in [0.1, 0.15) is 50.5 Å². The summed E-state index contributed by atoms with van der Waals surface area (Å²) in [5.74, 6) is 0.573. The third kappa shape index (κ3) is 5.79. The number of unbranched alkanes of at least 4 members (excludes halogenated alkanes) is 1. The Morgan fingerprint density at radius 3 is 2.64 bits per heavy atom. The van der Waals surface area contributed by atoms with Crippen LogP contribution in [0.3, 0.4) is 0 Å². The highest BCUT2D eigenvalue weighted by Gasteiger charge is 2.47. The predicted molar refractivity (Wildman–Crippen MR) is 111 cm³/mol. The van der Waals surface area contributed by atoms with Gasteiger partial charge in [0, 0.05) is 17.9 Å². The van der Waals surface area contributed by atoms with E-state index in [0.717, 1.165) is 31.2 Å². The van der Waals surface area contributed by atoms with Crippen LogP contribution in [-0.2, 0) is 14.8 Å². The van der Waals surface area contributed by atoms with Crippen molar-refractivity contribution in [2.24, 2.45) is 17.8 Å². The van der Waals surface area contributed by atoms with Gasteiger partial charge in [-0.2, -0.15) is 0 Å². The number of rotatable bonds is 10.